The van der Waals surface area contributed by atoms with Gasteiger partial charge in [0.05, 0.1) is 11.6 Å². The third-order valence-corrected chi connectivity index (χ3v) is 8.04. The highest BCUT2D eigenvalue weighted by Gasteiger charge is 2.25. The van der Waals surface area contributed by atoms with Crippen LogP contribution in [0, 0.1) is 5.92 Å². The molecule has 0 atom stereocenters. The van der Waals surface area contributed by atoms with Crippen LogP contribution < -0.4 is 10.2 Å². The van der Waals surface area contributed by atoms with Crippen LogP contribution in [0.15, 0.2) is 72.9 Å². The van der Waals surface area contributed by atoms with Crippen molar-refractivity contribution >= 4 is 39.8 Å². The SMILES string of the molecule is CC(=O)c1cn(-c2ccc(C(=O)CC3CC3)cc2)c2ccc(NC(=O)c3ccc(N4CCC(O)CC4)cc3)cc12. The smallest absolute Gasteiger partial charge is 0.255 e. The second kappa shape index (κ2) is 10.7. The highest BCUT2D eigenvalue weighted by atomic mass is 16.3. The molecule has 7 nitrogen and oxygen atoms in total. The summed E-state index contributed by atoms with van der Waals surface area (Å²) < 4.78 is 1.95. The highest BCUT2D eigenvalue weighted by molar-refractivity contribution is 6.10. The molecule has 2 aliphatic rings. The minimum absolute atomic E-state index is 0.0655. The first-order valence-corrected chi connectivity index (χ1v) is 14.0. The van der Waals surface area contributed by atoms with E-state index in [4.69, 9.17) is 0 Å². The Morgan fingerprint density at radius 1 is 0.850 bits per heavy atom. The molecule has 2 heterocycles. The molecular weight excluding hydrogens is 502 g/mol. The second-order valence-electron chi connectivity index (χ2n) is 11.0. The van der Waals surface area contributed by atoms with Crippen molar-refractivity contribution in [2.24, 2.45) is 5.92 Å². The summed E-state index contributed by atoms with van der Waals surface area (Å²) in [6, 6.07) is 20.6. The lowest BCUT2D eigenvalue weighted by molar-refractivity contribution is 0.0973. The quantitative estimate of drug-likeness (QED) is 0.269. The van der Waals surface area contributed by atoms with Crippen LogP contribution >= 0.6 is 0 Å². The monoisotopic (exact) mass is 535 g/mol. The molecule has 0 radical (unpaired) electrons. The molecule has 204 valence electrons. The molecule has 1 saturated carbocycles. The number of carbonyl (C=O) groups excluding carboxylic acids is 3. The Bertz CT molecular complexity index is 1570. The molecule has 40 heavy (non-hydrogen) atoms. The molecule has 0 bridgehead atoms. The zero-order chi connectivity index (χ0) is 27.8. The zero-order valence-corrected chi connectivity index (χ0v) is 22.6. The van der Waals surface area contributed by atoms with Gasteiger partial charge in [-0.25, -0.2) is 0 Å². The molecule has 2 N–H and O–H groups in total. The van der Waals surface area contributed by atoms with E-state index < -0.39 is 0 Å². The summed E-state index contributed by atoms with van der Waals surface area (Å²) in [5.41, 5.74) is 5.17. The Morgan fingerprint density at radius 3 is 2.15 bits per heavy atom. The predicted molar refractivity (Wildman–Crippen MR) is 157 cm³/mol. The van der Waals surface area contributed by atoms with E-state index in [2.05, 4.69) is 10.2 Å². The van der Waals surface area contributed by atoms with Gasteiger partial charge in [0.2, 0.25) is 0 Å². The third kappa shape index (κ3) is 5.42. The molecule has 4 aromatic rings. The fraction of sp³-hybridized carbons (Fsp3) is 0.303. The fourth-order valence-electron chi connectivity index (χ4n) is 5.46. The molecule has 0 spiro atoms. The van der Waals surface area contributed by atoms with Crippen LogP contribution in [0.1, 0.15) is 70.1 Å². The van der Waals surface area contributed by atoms with Crippen LogP contribution in [0.25, 0.3) is 16.6 Å². The summed E-state index contributed by atoms with van der Waals surface area (Å²) in [5.74, 6) is 0.430. The van der Waals surface area contributed by atoms with Crippen LogP contribution in [0.5, 0.6) is 0 Å². The number of ketones is 2. The van der Waals surface area contributed by atoms with Gasteiger partial charge in [-0.2, -0.15) is 0 Å². The summed E-state index contributed by atoms with van der Waals surface area (Å²) in [7, 11) is 0. The number of aromatic nitrogens is 1. The Balaban J connectivity index is 1.21. The average molecular weight is 536 g/mol. The summed E-state index contributed by atoms with van der Waals surface area (Å²) in [6.07, 6.45) is 5.99. The summed E-state index contributed by atoms with van der Waals surface area (Å²) in [6.45, 7) is 3.13. The first kappa shape index (κ1) is 26.0. The largest absolute Gasteiger partial charge is 0.393 e. The van der Waals surface area contributed by atoms with E-state index in [0.29, 0.717) is 34.7 Å². The van der Waals surface area contributed by atoms with Gasteiger partial charge in [0.15, 0.2) is 11.6 Å². The van der Waals surface area contributed by atoms with Crippen LogP contribution in [0.3, 0.4) is 0 Å². The average Bonchev–Trinajstić information content (AvgIpc) is 3.70. The van der Waals surface area contributed by atoms with Crippen molar-refractivity contribution in [2.45, 2.75) is 45.1 Å². The van der Waals surface area contributed by atoms with Crippen molar-refractivity contribution in [2.75, 3.05) is 23.3 Å². The number of fused-ring (bicyclic) bond motifs is 1. The van der Waals surface area contributed by atoms with Crippen molar-refractivity contribution < 1.29 is 19.5 Å². The number of aliphatic hydroxyl groups excluding tert-OH is 1. The summed E-state index contributed by atoms with van der Waals surface area (Å²) in [5, 5.41) is 13.5. The topological polar surface area (TPSA) is 91.6 Å². The van der Waals surface area contributed by atoms with Gasteiger partial charge in [-0.3, -0.25) is 14.4 Å². The number of amides is 1. The Kier molecular flexibility index (Phi) is 6.98. The number of piperidine rings is 1. The minimum atomic E-state index is -0.230. The molecule has 1 aromatic heterocycles. The van der Waals surface area contributed by atoms with E-state index >= 15 is 0 Å². The van der Waals surface area contributed by atoms with Crippen molar-refractivity contribution in [3.8, 4) is 5.69 Å². The number of benzene rings is 3. The number of hydrogen-bond donors (Lipinski definition) is 2. The van der Waals surface area contributed by atoms with Crippen molar-refractivity contribution in [1.82, 2.24) is 4.57 Å². The molecule has 1 saturated heterocycles. The molecule has 1 amide bonds. The number of hydrogen-bond acceptors (Lipinski definition) is 5. The number of nitrogens with zero attached hydrogens (tertiary/aromatic N) is 2. The minimum Gasteiger partial charge on any atom is -0.393 e. The van der Waals surface area contributed by atoms with Gasteiger partial charge in [0.25, 0.3) is 5.91 Å². The lowest BCUT2D eigenvalue weighted by atomic mass is 10.1. The zero-order valence-electron chi connectivity index (χ0n) is 22.6. The standard InChI is InChI=1S/C33H33N3O4/c1-21(37)30-20-36(27-11-4-23(5-12-27)32(39)18-22-2-3-22)31-13-8-25(19-29(30)31)34-33(40)24-6-9-26(10-7-24)35-16-14-28(38)15-17-35/h4-13,19-20,22,28,38H,2-3,14-18H2,1H3,(H,34,40). The molecule has 6 rings (SSSR count). The lowest BCUT2D eigenvalue weighted by Gasteiger charge is -2.31. The van der Waals surface area contributed by atoms with Crippen molar-refractivity contribution in [3.63, 3.8) is 0 Å². The van der Waals surface area contributed by atoms with E-state index in [1.807, 2.05) is 77.5 Å². The van der Waals surface area contributed by atoms with Gasteiger partial charge < -0.3 is 19.9 Å². The highest BCUT2D eigenvalue weighted by Crippen LogP contribution is 2.34. The van der Waals surface area contributed by atoms with Crippen LogP contribution in [0.4, 0.5) is 11.4 Å². The number of Topliss-reactive ketones (excluding diaryl/α,β-unsaturated/α-hetero) is 2. The third-order valence-electron chi connectivity index (χ3n) is 8.04. The molecular formula is C33H33N3O4. The predicted octanol–water partition coefficient (Wildman–Crippen LogP) is 6.03. The maximum absolute atomic E-state index is 13.0. The van der Waals surface area contributed by atoms with Gasteiger partial charge in [0, 0.05) is 64.8 Å². The molecule has 0 unspecified atom stereocenters. The van der Waals surface area contributed by atoms with Crippen LogP contribution in [-0.4, -0.2) is 46.3 Å². The van der Waals surface area contributed by atoms with Crippen LogP contribution in [0.2, 0.25) is 0 Å². The van der Waals surface area contributed by atoms with E-state index in [1.165, 1.54) is 6.92 Å². The van der Waals surface area contributed by atoms with Gasteiger partial charge in [-0.15, -0.1) is 0 Å². The van der Waals surface area contributed by atoms with Crippen LogP contribution in [-0.2, 0) is 0 Å². The Morgan fingerprint density at radius 2 is 1.50 bits per heavy atom. The summed E-state index contributed by atoms with van der Waals surface area (Å²) >= 11 is 0. The molecule has 1 aliphatic carbocycles. The lowest BCUT2D eigenvalue weighted by Crippen LogP contribution is -2.35. The van der Waals surface area contributed by atoms with Crippen molar-refractivity contribution in [3.05, 3.63) is 89.6 Å². The Labute approximate surface area is 233 Å². The Hall–Kier alpha value is -4.23. The van der Waals surface area contributed by atoms with E-state index in [-0.39, 0.29) is 23.6 Å². The number of rotatable bonds is 8. The van der Waals surface area contributed by atoms with E-state index in [9.17, 15) is 19.5 Å². The number of aliphatic hydroxyl groups is 1. The maximum atomic E-state index is 13.0. The number of anilines is 2. The molecule has 1 aliphatic heterocycles. The van der Waals surface area contributed by atoms with Crippen molar-refractivity contribution in [1.29, 1.82) is 0 Å². The summed E-state index contributed by atoms with van der Waals surface area (Å²) in [4.78, 5) is 40.3. The normalized spacial score (nSPS) is 15.8. The van der Waals surface area contributed by atoms with Gasteiger partial charge in [-0.05, 0) is 105 Å². The molecule has 7 heteroatoms. The van der Waals surface area contributed by atoms with Gasteiger partial charge in [-0.1, -0.05) is 0 Å². The van der Waals surface area contributed by atoms with Gasteiger partial charge in [0.1, 0.15) is 0 Å². The first-order valence-electron chi connectivity index (χ1n) is 14.0. The number of nitrogens with one attached hydrogen (secondary N) is 1. The van der Waals surface area contributed by atoms with E-state index in [1.54, 1.807) is 0 Å². The number of carbonyl (C=O) groups is 3. The molecule has 3 aromatic carbocycles. The molecule has 2 fully saturated rings. The fourth-order valence-corrected chi connectivity index (χ4v) is 5.46. The first-order chi connectivity index (χ1) is 19.4. The van der Waals surface area contributed by atoms with E-state index in [0.717, 1.165) is 61.1 Å². The maximum Gasteiger partial charge on any atom is 0.255 e. The van der Waals surface area contributed by atoms with Gasteiger partial charge >= 0.3 is 0 Å². The second-order valence-corrected chi connectivity index (χ2v) is 11.0.